The average molecular weight is 1500 g/mol. The van der Waals surface area contributed by atoms with Crippen molar-refractivity contribution in [2.45, 2.75) is 433 Å². The van der Waals surface area contributed by atoms with Crippen molar-refractivity contribution in [1.82, 2.24) is 5.32 Å². The van der Waals surface area contributed by atoms with Crippen LogP contribution in [0, 0.1) is 0 Å². The van der Waals surface area contributed by atoms with Crippen LogP contribution in [0.5, 0.6) is 0 Å². The number of carbonyl (C=O) groups is 1. The van der Waals surface area contributed by atoms with Gasteiger partial charge in [-0.05, 0) is 77.0 Å². The van der Waals surface area contributed by atoms with Crippen molar-refractivity contribution in [1.29, 1.82) is 0 Å². The summed E-state index contributed by atoms with van der Waals surface area (Å²) in [5.41, 5.74) is 0. The van der Waals surface area contributed by atoms with E-state index in [1.165, 1.54) is 225 Å². The molecule has 0 aromatic heterocycles. The van der Waals surface area contributed by atoms with Crippen LogP contribution in [0.4, 0.5) is 0 Å². The lowest BCUT2D eigenvalue weighted by molar-refractivity contribution is -0.379. The maximum absolute atomic E-state index is 13.5. The Morgan fingerprint density at radius 2 is 0.660 bits per heavy atom. The smallest absolute Gasteiger partial charge is 0.220 e. The minimum atomic E-state index is -1.98. The van der Waals surface area contributed by atoms with Gasteiger partial charge >= 0.3 is 0 Å². The van der Waals surface area contributed by atoms with Crippen molar-refractivity contribution < 1.29 is 89.4 Å². The molecule has 19 heteroatoms. The molecule has 0 bridgehead atoms. The maximum Gasteiger partial charge on any atom is 0.220 e. The van der Waals surface area contributed by atoms with Crippen LogP contribution < -0.4 is 5.32 Å². The average Bonchev–Trinajstić information content (AvgIpc) is 0.780. The fourth-order valence-electron chi connectivity index (χ4n) is 14.1. The van der Waals surface area contributed by atoms with Gasteiger partial charge in [0.15, 0.2) is 18.9 Å². The molecule has 17 atom stereocenters. The number of hydrogen-bond acceptors (Lipinski definition) is 18. The highest BCUT2D eigenvalue weighted by molar-refractivity contribution is 5.76. The lowest BCUT2D eigenvalue weighted by atomic mass is 9.96. The van der Waals surface area contributed by atoms with E-state index in [2.05, 4.69) is 92.1 Å². The molecule has 0 spiro atoms. The first-order valence-electron chi connectivity index (χ1n) is 42.8. The highest BCUT2D eigenvalue weighted by atomic mass is 16.8. The highest BCUT2D eigenvalue weighted by Crippen LogP contribution is 2.33. The first-order valence-corrected chi connectivity index (χ1v) is 42.8. The monoisotopic (exact) mass is 1500 g/mol. The Bertz CT molecular complexity index is 2240. The van der Waals surface area contributed by atoms with Crippen molar-refractivity contribution in [3.8, 4) is 0 Å². The molecule has 0 saturated carbocycles. The summed E-state index contributed by atoms with van der Waals surface area (Å²) in [4.78, 5) is 13.5. The molecule has 106 heavy (non-hydrogen) atoms. The number of nitrogens with one attached hydrogen (secondary N) is 1. The Hall–Kier alpha value is -3.03. The molecule has 17 unspecified atom stereocenters. The number of ether oxygens (including phenoxy) is 6. The number of rotatable bonds is 68. The van der Waals surface area contributed by atoms with Crippen LogP contribution in [0.3, 0.4) is 0 Å². The minimum Gasteiger partial charge on any atom is -0.394 e. The summed E-state index contributed by atoms with van der Waals surface area (Å²) < 4.78 is 34.4. The Balaban J connectivity index is 1.30. The molecule has 3 saturated heterocycles. The van der Waals surface area contributed by atoms with E-state index in [-0.39, 0.29) is 18.9 Å². The van der Waals surface area contributed by atoms with E-state index in [4.69, 9.17) is 28.4 Å². The molecule has 3 fully saturated rings. The number of aliphatic hydroxyl groups excluding tert-OH is 11. The normalized spacial score (nSPS) is 26.1. The SMILES string of the molecule is CC/C=C\C/C=C\C/C=C\C/C=C\C/C=C\CCCCCCCCCCCCCCCCCCCCCCCCCCCC(=O)NC(COC1OC(CO)C(OC2OC(CO)C(OC3OC(CO)C(O)C(O)C3O)C(O)C2O)C(O)C1O)C(O)/C=C/CC/C=C/CCCCCCCCCCCCCCCC. The number of hydrogen-bond donors (Lipinski definition) is 12. The van der Waals surface area contributed by atoms with Gasteiger partial charge in [0.05, 0.1) is 38.6 Å². The Labute approximate surface area is 641 Å². The predicted molar refractivity (Wildman–Crippen MR) is 424 cm³/mol. The van der Waals surface area contributed by atoms with Gasteiger partial charge in [0.25, 0.3) is 0 Å². The third-order valence-electron chi connectivity index (χ3n) is 20.9. The summed E-state index contributed by atoms with van der Waals surface area (Å²) in [5, 5.41) is 121. The molecule has 0 aromatic rings. The van der Waals surface area contributed by atoms with Crippen LogP contribution in [-0.4, -0.2) is 193 Å². The Kier molecular flexibility index (Phi) is 61.0. The standard InChI is InChI=1S/C87H155NO18/c1-3-5-7-9-11-13-15-17-19-21-23-25-26-27-28-29-30-31-32-33-34-35-36-37-38-39-40-41-42-43-44-45-47-49-51-53-55-57-59-61-63-65-75(93)88-70(71(92)64-62-60-58-56-54-52-50-48-46-24-22-20-18-16-14-12-10-8-6-4-2)69-101-85-81(99)78(96)83(73(67-90)103-85)106-87-82(100)79(97)84(74(68-91)104-87)105-86-80(98)77(95)76(94)72(66-89)102-86/h5,7,11,13,17,19,23,25,27-28,54,56,62,64,70-74,76-87,89-92,94-100H,3-4,6,8-10,12,14-16,18,20-22,24,26,29-53,55,57-61,63,65-69H2,1-2H3,(H,88,93)/b7-5-,13-11-,19-17-,25-23-,28-27-,56-54+,64-62+. The Morgan fingerprint density at radius 3 is 1.06 bits per heavy atom. The van der Waals surface area contributed by atoms with Crippen LogP contribution in [0.2, 0.25) is 0 Å². The molecule has 0 aromatic carbocycles. The number of amides is 1. The van der Waals surface area contributed by atoms with E-state index < -0.39 is 124 Å². The molecule has 12 N–H and O–H groups in total. The molecule has 1 amide bonds. The van der Waals surface area contributed by atoms with E-state index in [0.717, 1.165) is 70.6 Å². The second-order valence-electron chi connectivity index (χ2n) is 30.3. The molecule has 3 aliphatic heterocycles. The van der Waals surface area contributed by atoms with E-state index in [1.807, 2.05) is 6.08 Å². The predicted octanol–water partition coefficient (Wildman–Crippen LogP) is 15.3. The van der Waals surface area contributed by atoms with Crippen LogP contribution in [0.1, 0.15) is 328 Å². The number of allylic oxidation sites excluding steroid dienone is 13. The summed E-state index contributed by atoms with van der Waals surface area (Å²) in [6.07, 6.45) is 63.1. The zero-order chi connectivity index (χ0) is 76.7. The van der Waals surface area contributed by atoms with E-state index >= 15 is 0 Å². The van der Waals surface area contributed by atoms with Gasteiger partial charge in [-0.3, -0.25) is 4.79 Å². The third kappa shape index (κ3) is 45.5. The van der Waals surface area contributed by atoms with Gasteiger partial charge in [-0.2, -0.15) is 0 Å². The fraction of sp³-hybridized carbons (Fsp3) is 0.828. The molecule has 3 aliphatic rings. The molecule has 19 nitrogen and oxygen atoms in total. The van der Waals surface area contributed by atoms with Crippen molar-refractivity contribution in [2.24, 2.45) is 0 Å². The fourth-order valence-corrected chi connectivity index (χ4v) is 14.1. The zero-order valence-corrected chi connectivity index (χ0v) is 66.2. The van der Waals surface area contributed by atoms with E-state index in [1.54, 1.807) is 6.08 Å². The van der Waals surface area contributed by atoms with Crippen LogP contribution in [-0.2, 0) is 33.2 Å². The molecule has 616 valence electrons. The van der Waals surface area contributed by atoms with Gasteiger partial charge in [-0.15, -0.1) is 0 Å². The minimum absolute atomic E-state index is 0.237. The van der Waals surface area contributed by atoms with Gasteiger partial charge in [0, 0.05) is 6.42 Å². The summed E-state index contributed by atoms with van der Waals surface area (Å²) in [6, 6.07) is -0.992. The topological polar surface area (TPSA) is 307 Å². The van der Waals surface area contributed by atoms with Gasteiger partial charge in [0.2, 0.25) is 5.91 Å². The van der Waals surface area contributed by atoms with Gasteiger partial charge in [0.1, 0.15) is 73.2 Å². The second-order valence-corrected chi connectivity index (χ2v) is 30.3. The summed E-state index contributed by atoms with van der Waals surface area (Å²) in [6.45, 7) is 1.64. The van der Waals surface area contributed by atoms with Crippen molar-refractivity contribution in [2.75, 3.05) is 26.4 Å². The molecule has 0 aliphatic carbocycles. The zero-order valence-electron chi connectivity index (χ0n) is 66.2. The summed E-state index contributed by atoms with van der Waals surface area (Å²) >= 11 is 0. The van der Waals surface area contributed by atoms with Crippen molar-refractivity contribution in [3.63, 3.8) is 0 Å². The number of unbranched alkanes of at least 4 members (excludes halogenated alkanes) is 40. The highest BCUT2D eigenvalue weighted by Gasteiger charge is 2.54. The van der Waals surface area contributed by atoms with Gasteiger partial charge in [-0.25, -0.2) is 0 Å². The van der Waals surface area contributed by atoms with Crippen molar-refractivity contribution in [3.05, 3.63) is 85.1 Å². The van der Waals surface area contributed by atoms with Gasteiger partial charge in [-0.1, -0.05) is 330 Å². The van der Waals surface area contributed by atoms with E-state index in [9.17, 15) is 61.0 Å². The molecule has 3 rings (SSSR count). The molecule has 3 heterocycles. The molecule has 0 radical (unpaired) electrons. The number of aliphatic hydroxyl groups is 11. The summed E-state index contributed by atoms with van der Waals surface area (Å²) in [7, 11) is 0. The second kappa shape index (κ2) is 66.6. The van der Waals surface area contributed by atoms with Crippen LogP contribution >= 0.6 is 0 Å². The third-order valence-corrected chi connectivity index (χ3v) is 20.9. The quantitative estimate of drug-likeness (QED) is 0.0199. The molecular formula is C87H155NO18. The van der Waals surface area contributed by atoms with E-state index in [0.29, 0.717) is 12.8 Å². The first-order chi connectivity index (χ1) is 51.8. The first kappa shape index (κ1) is 97.2. The lowest BCUT2D eigenvalue weighted by Crippen LogP contribution is -2.66. The summed E-state index contributed by atoms with van der Waals surface area (Å²) in [5.74, 6) is -0.281. The molecular weight excluding hydrogens is 1350 g/mol. The lowest BCUT2D eigenvalue weighted by Gasteiger charge is -2.48. The number of carbonyl (C=O) groups excluding carboxylic acids is 1. The van der Waals surface area contributed by atoms with Gasteiger partial charge < -0.3 is 89.9 Å². The van der Waals surface area contributed by atoms with Crippen LogP contribution in [0.25, 0.3) is 0 Å². The maximum atomic E-state index is 13.5. The van der Waals surface area contributed by atoms with Crippen LogP contribution in [0.15, 0.2) is 85.1 Å². The largest absolute Gasteiger partial charge is 0.394 e. The van der Waals surface area contributed by atoms with Crippen molar-refractivity contribution >= 4 is 5.91 Å². The Morgan fingerprint density at radius 1 is 0.349 bits per heavy atom.